The Kier molecular flexibility index (Phi) is 5.63. The van der Waals surface area contributed by atoms with Crippen LogP contribution in [0.5, 0.6) is 0 Å². The van der Waals surface area contributed by atoms with Crippen LogP contribution in [0.3, 0.4) is 0 Å². The molecule has 0 spiro atoms. The minimum absolute atomic E-state index is 0.397. The van der Waals surface area contributed by atoms with Gasteiger partial charge in [-0.2, -0.15) is 0 Å². The van der Waals surface area contributed by atoms with E-state index >= 15 is 0 Å². The molecule has 0 bridgehead atoms. The van der Waals surface area contributed by atoms with Crippen molar-refractivity contribution in [2.45, 2.75) is 32.2 Å². The summed E-state index contributed by atoms with van der Waals surface area (Å²) in [5.74, 6) is 0.397. The van der Waals surface area contributed by atoms with Crippen LogP contribution in [0.15, 0.2) is 54.6 Å². The Labute approximate surface area is 127 Å². The van der Waals surface area contributed by atoms with Crippen LogP contribution in [0.25, 0.3) is 0 Å². The third kappa shape index (κ3) is 4.36. The van der Waals surface area contributed by atoms with E-state index in [0.29, 0.717) is 12.0 Å². The number of hydrogen-bond donors (Lipinski definition) is 1. The molecule has 0 amide bonds. The van der Waals surface area contributed by atoms with Crippen LogP contribution in [0.4, 0.5) is 0 Å². The van der Waals surface area contributed by atoms with Crippen molar-refractivity contribution < 1.29 is 0 Å². The standard InChI is InChI=1S/C18H22ClN/c1-14(2)20-13-16(12-15-8-4-3-5-9-15)17-10-6-7-11-18(17)19/h3-11,14,16,20H,12-13H2,1-2H3. The van der Waals surface area contributed by atoms with E-state index in [-0.39, 0.29) is 0 Å². The molecule has 0 aliphatic carbocycles. The molecule has 0 aliphatic heterocycles. The third-order valence-electron chi connectivity index (χ3n) is 3.44. The van der Waals surface area contributed by atoms with Crippen LogP contribution in [0, 0.1) is 0 Å². The second kappa shape index (κ2) is 7.47. The van der Waals surface area contributed by atoms with E-state index in [9.17, 15) is 0 Å². The molecule has 1 unspecified atom stereocenters. The van der Waals surface area contributed by atoms with Gasteiger partial charge in [0.2, 0.25) is 0 Å². The number of hydrogen-bond acceptors (Lipinski definition) is 1. The third-order valence-corrected chi connectivity index (χ3v) is 3.79. The smallest absolute Gasteiger partial charge is 0.0441 e. The highest BCUT2D eigenvalue weighted by Crippen LogP contribution is 2.27. The summed E-state index contributed by atoms with van der Waals surface area (Å²) in [5, 5.41) is 4.39. The second-order valence-electron chi connectivity index (χ2n) is 5.47. The van der Waals surface area contributed by atoms with E-state index in [1.807, 2.05) is 12.1 Å². The first-order valence-electron chi connectivity index (χ1n) is 7.18. The normalized spacial score (nSPS) is 12.6. The number of benzene rings is 2. The Morgan fingerprint density at radius 3 is 2.25 bits per heavy atom. The average molecular weight is 288 g/mol. The number of rotatable bonds is 6. The van der Waals surface area contributed by atoms with Gasteiger partial charge >= 0.3 is 0 Å². The fraction of sp³-hybridized carbons (Fsp3) is 0.333. The lowest BCUT2D eigenvalue weighted by Gasteiger charge is -2.21. The molecule has 20 heavy (non-hydrogen) atoms. The highest BCUT2D eigenvalue weighted by molar-refractivity contribution is 6.31. The van der Waals surface area contributed by atoms with Gasteiger partial charge in [-0.15, -0.1) is 0 Å². The molecular formula is C18H22ClN. The predicted octanol–water partition coefficient (Wildman–Crippen LogP) is 4.66. The summed E-state index contributed by atoms with van der Waals surface area (Å²) in [5.41, 5.74) is 2.58. The fourth-order valence-corrected chi connectivity index (χ4v) is 2.66. The molecule has 0 radical (unpaired) electrons. The summed E-state index contributed by atoms with van der Waals surface area (Å²) >= 11 is 6.37. The van der Waals surface area contributed by atoms with Gasteiger partial charge in [0.1, 0.15) is 0 Å². The van der Waals surface area contributed by atoms with Crippen LogP contribution in [-0.4, -0.2) is 12.6 Å². The summed E-state index contributed by atoms with van der Waals surface area (Å²) < 4.78 is 0. The van der Waals surface area contributed by atoms with Crippen LogP contribution >= 0.6 is 11.6 Å². The molecule has 0 aliphatic rings. The van der Waals surface area contributed by atoms with Gasteiger partial charge in [-0.3, -0.25) is 0 Å². The van der Waals surface area contributed by atoms with Crippen molar-refractivity contribution in [3.05, 3.63) is 70.7 Å². The zero-order valence-electron chi connectivity index (χ0n) is 12.1. The summed E-state index contributed by atoms with van der Waals surface area (Å²) in [6, 6.07) is 19.2. The van der Waals surface area contributed by atoms with Crippen LogP contribution in [0.1, 0.15) is 30.9 Å². The summed E-state index contributed by atoms with van der Waals surface area (Å²) in [4.78, 5) is 0. The molecule has 0 saturated heterocycles. The molecule has 0 heterocycles. The van der Waals surface area contributed by atoms with Crippen LogP contribution in [0.2, 0.25) is 5.02 Å². The van der Waals surface area contributed by atoms with Crippen LogP contribution in [-0.2, 0) is 6.42 Å². The molecule has 0 aromatic heterocycles. The maximum atomic E-state index is 6.37. The molecule has 1 N–H and O–H groups in total. The fourth-order valence-electron chi connectivity index (χ4n) is 2.37. The Morgan fingerprint density at radius 1 is 0.950 bits per heavy atom. The molecule has 0 fully saturated rings. The summed E-state index contributed by atoms with van der Waals surface area (Å²) in [6.45, 7) is 5.29. The zero-order valence-corrected chi connectivity index (χ0v) is 12.9. The molecule has 0 saturated carbocycles. The van der Waals surface area contributed by atoms with Gasteiger partial charge < -0.3 is 5.32 Å². The Morgan fingerprint density at radius 2 is 1.60 bits per heavy atom. The van der Waals surface area contributed by atoms with Gasteiger partial charge in [0, 0.05) is 23.5 Å². The zero-order chi connectivity index (χ0) is 14.4. The van der Waals surface area contributed by atoms with E-state index in [0.717, 1.165) is 18.0 Å². The maximum absolute atomic E-state index is 6.37. The molecule has 2 aromatic rings. The van der Waals surface area contributed by atoms with Crippen LogP contribution < -0.4 is 5.32 Å². The highest BCUT2D eigenvalue weighted by atomic mass is 35.5. The Bertz CT molecular complexity index is 522. The topological polar surface area (TPSA) is 12.0 Å². The highest BCUT2D eigenvalue weighted by Gasteiger charge is 2.15. The van der Waals surface area contributed by atoms with E-state index in [1.54, 1.807) is 0 Å². The van der Waals surface area contributed by atoms with Gasteiger partial charge in [0.25, 0.3) is 0 Å². The van der Waals surface area contributed by atoms with E-state index < -0.39 is 0 Å². The maximum Gasteiger partial charge on any atom is 0.0441 e. The van der Waals surface area contributed by atoms with Crippen molar-refractivity contribution in [1.82, 2.24) is 5.32 Å². The quantitative estimate of drug-likeness (QED) is 0.814. The lowest BCUT2D eigenvalue weighted by Crippen LogP contribution is -2.29. The van der Waals surface area contributed by atoms with Crippen molar-refractivity contribution >= 4 is 11.6 Å². The van der Waals surface area contributed by atoms with Gasteiger partial charge in [-0.05, 0) is 23.6 Å². The lowest BCUT2D eigenvalue weighted by atomic mass is 9.91. The second-order valence-corrected chi connectivity index (χ2v) is 5.88. The molecule has 2 rings (SSSR count). The van der Waals surface area contributed by atoms with Crippen molar-refractivity contribution in [3.8, 4) is 0 Å². The van der Waals surface area contributed by atoms with Crippen molar-refractivity contribution in [3.63, 3.8) is 0 Å². The SMILES string of the molecule is CC(C)NCC(Cc1ccccc1)c1ccccc1Cl. The summed E-state index contributed by atoms with van der Waals surface area (Å²) in [6.07, 6.45) is 1.00. The molecule has 1 nitrogen and oxygen atoms in total. The van der Waals surface area contributed by atoms with Gasteiger partial charge in [0.05, 0.1) is 0 Å². The van der Waals surface area contributed by atoms with Crippen molar-refractivity contribution in [2.75, 3.05) is 6.54 Å². The van der Waals surface area contributed by atoms with E-state index in [1.165, 1.54) is 11.1 Å². The van der Waals surface area contributed by atoms with Gasteiger partial charge in [0.15, 0.2) is 0 Å². The van der Waals surface area contributed by atoms with Crippen molar-refractivity contribution in [2.24, 2.45) is 0 Å². The minimum Gasteiger partial charge on any atom is -0.314 e. The van der Waals surface area contributed by atoms with Crippen molar-refractivity contribution in [1.29, 1.82) is 0 Å². The average Bonchev–Trinajstić information content (AvgIpc) is 2.45. The van der Waals surface area contributed by atoms with E-state index in [2.05, 4.69) is 61.6 Å². The van der Waals surface area contributed by atoms with Gasteiger partial charge in [-0.1, -0.05) is 74.0 Å². The Hall–Kier alpha value is -1.31. The molecule has 2 aromatic carbocycles. The first kappa shape index (κ1) is 15.1. The monoisotopic (exact) mass is 287 g/mol. The summed E-state index contributed by atoms with van der Waals surface area (Å²) in [7, 11) is 0. The Balaban J connectivity index is 2.18. The molecular weight excluding hydrogens is 266 g/mol. The van der Waals surface area contributed by atoms with E-state index in [4.69, 9.17) is 11.6 Å². The first-order chi connectivity index (χ1) is 9.66. The molecule has 1 atom stereocenters. The lowest BCUT2D eigenvalue weighted by molar-refractivity contribution is 0.527. The molecule has 2 heteroatoms. The predicted molar refractivity (Wildman–Crippen MR) is 87.5 cm³/mol. The number of halogens is 1. The van der Waals surface area contributed by atoms with Gasteiger partial charge in [-0.25, -0.2) is 0 Å². The first-order valence-corrected chi connectivity index (χ1v) is 7.56. The largest absolute Gasteiger partial charge is 0.314 e. The minimum atomic E-state index is 0.397. The molecule has 106 valence electrons. The number of nitrogens with one attached hydrogen (secondary N) is 1.